The molecule has 0 spiro atoms. The highest BCUT2D eigenvalue weighted by atomic mass is 16.5. The zero-order valence-electron chi connectivity index (χ0n) is 9.40. The first-order chi connectivity index (χ1) is 7.27. The van der Waals surface area contributed by atoms with Gasteiger partial charge >= 0.3 is 0 Å². The summed E-state index contributed by atoms with van der Waals surface area (Å²) in [6.07, 6.45) is 1.86. The van der Waals surface area contributed by atoms with E-state index in [9.17, 15) is 0 Å². The van der Waals surface area contributed by atoms with Gasteiger partial charge in [-0.15, -0.1) is 0 Å². The molecule has 2 heteroatoms. The average Bonchev–Trinajstić information content (AvgIpc) is 2.27. The number of ether oxygens (including phenoxy) is 2. The highest BCUT2D eigenvalue weighted by Crippen LogP contribution is 2.20. The molecule has 82 valence electrons. The number of rotatable bonds is 6. The molecule has 1 rings (SSSR count). The van der Waals surface area contributed by atoms with Crippen LogP contribution in [0.5, 0.6) is 5.75 Å². The van der Waals surface area contributed by atoms with E-state index in [1.165, 1.54) is 0 Å². The van der Waals surface area contributed by atoms with Gasteiger partial charge in [0.05, 0.1) is 6.61 Å². The molecule has 0 aliphatic rings. The van der Waals surface area contributed by atoms with Crippen LogP contribution in [0.1, 0.15) is 19.4 Å². The lowest BCUT2D eigenvalue weighted by Gasteiger charge is -2.16. The molecule has 1 atom stereocenters. The molecule has 0 N–H and O–H groups in total. The SMILES string of the molecule is C=Cc1ccccc1OC(C)COCC. The maximum atomic E-state index is 5.74. The fourth-order valence-electron chi connectivity index (χ4n) is 1.29. The van der Waals surface area contributed by atoms with Gasteiger partial charge < -0.3 is 9.47 Å². The Morgan fingerprint density at radius 1 is 1.40 bits per heavy atom. The van der Waals surface area contributed by atoms with Gasteiger partial charge in [0.25, 0.3) is 0 Å². The van der Waals surface area contributed by atoms with Gasteiger partial charge in [-0.2, -0.15) is 0 Å². The van der Waals surface area contributed by atoms with E-state index < -0.39 is 0 Å². The van der Waals surface area contributed by atoms with Crippen molar-refractivity contribution < 1.29 is 9.47 Å². The fraction of sp³-hybridized carbons (Fsp3) is 0.385. The first-order valence-corrected chi connectivity index (χ1v) is 5.23. The van der Waals surface area contributed by atoms with Crippen LogP contribution in [0, 0.1) is 0 Å². The molecule has 0 heterocycles. The third-order valence-electron chi connectivity index (χ3n) is 2.02. The van der Waals surface area contributed by atoms with E-state index in [0.717, 1.165) is 17.9 Å². The predicted molar refractivity (Wildman–Crippen MR) is 63.1 cm³/mol. The van der Waals surface area contributed by atoms with Gasteiger partial charge in [0.2, 0.25) is 0 Å². The molecule has 0 saturated carbocycles. The average molecular weight is 206 g/mol. The summed E-state index contributed by atoms with van der Waals surface area (Å²) >= 11 is 0. The van der Waals surface area contributed by atoms with E-state index in [0.29, 0.717) is 6.61 Å². The zero-order valence-corrected chi connectivity index (χ0v) is 9.40. The Morgan fingerprint density at radius 2 is 2.13 bits per heavy atom. The second-order valence-corrected chi connectivity index (χ2v) is 3.33. The summed E-state index contributed by atoms with van der Waals surface area (Å²) in [5.41, 5.74) is 1.01. The van der Waals surface area contributed by atoms with E-state index in [1.54, 1.807) is 6.08 Å². The summed E-state index contributed by atoms with van der Waals surface area (Å²) in [6.45, 7) is 9.05. The maximum Gasteiger partial charge on any atom is 0.127 e. The Labute approximate surface area is 91.5 Å². The summed E-state index contributed by atoms with van der Waals surface area (Å²) < 4.78 is 11.0. The molecule has 0 fully saturated rings. The van der Waals surface area contributed by atoms with Crippen molar-refractivity contribution in [2.24, 2.45) is 0 Å². The van der Waals surface area contributed by atoms with E-state index in [-0.39, 0.29) is 6.10 Å². The van der Waals surface area contributed by atoms with Crippen LogP contribution in [0.2, 0.25) is 0 Å². The lowest BCUT2D eigenvalue weighted by Crippen LogP contribution is -2.19. The number of hydrogen-bond donors (Lipinski definition) is 0. The van der Waals surface area contributed by atoms with Crippen molar-refractivity contribution in [1.82, 2.24) is 0 Å². The van der Waals surface area contributed by atoms with Crippen molar-refractivity contribution in [2.45, 2.75) is 20.0 Å². The fourth-order valence-corrected chi connectivity index (χ4v) is 1.29. The van der Waals surface area contributed by atoms with Crippen molar-refractivity contribution in [1.29, 1.82) is 0 Å². The number of para-hydroxylation sites is 1. The molecular weight excluding hydrogens is 188 g/mol. The van der Waals surface area contributed by atoms with Gasteiger partial charge in [0, 0.05) is 12.2 Å². The quantitative estimate of drug-likeness (QED) is 0.712. The first kappa shape index (κ1) is 11.8. The summed E-state index contributed by atoms with van der Waals surface area (Å²) in [4.78, 5) is 0. The van der Waals surface area contributed by atoms with Gasteiger partial charge in [0.1, 0.15) is 11.9 Å². The first-order valence-electron chi connectivity index (χ1n) is 5.23. The summed E-state index contributed by atoms with van der Waals surface area (Å²) in [6, 6.07) is 7.85. The summed E-state index contributed by atoms with van der Waals surface area (Å²) in [5, 5.41) is 0. The van der Waals surface area contributed by atoms with E-state index in [1.807, 2.05) is 38.1 Å². The van der Waals surface area contributed by atoms with Crippen molar-refractivity contribution in [3.63, 3.8) is 0 Å². The van der Waals surface area contributed by atoms with Crippen LogP contribution in [0.25, 0.3) is 6.08 Å². The minimum Gasteiger partial charge on any atom is -0.488 e. The zero-order chi connectivity index (χ0) is 11.1. The minimum absolute atomic E-state index is 0.0612. The molecule has 0 saturated heterocycles. The van der Waals surface area contributed by atoms with Crippen molar-refractivity contribution in [2.75, 3.05) is 13.2 Å². The molecule has 1 unspecified atom stereocenters. The number of benzene rings is 1. The lowest BCUT2D eigenvalue weighted by atomic mass is 10.2. The van der Waals surface area contributed by atoms with Crippen LogP contribution in [-0.4, -0.2) is 19.3 Å². The normalized spacial score (nSPS) is 12.1. The van der Waals surface area contributed by atoms with Crippen LogP contribution in [0.15, 0.2) is 30.8 Å². The standard InChI is InChI=1S/C13H18O2/c1-4-12-8-6-7-9-13(12)15-11(3)10-14-5-2/h4,6-9,11H,1,5,10H2,2-3H3. The molecule has 0 aliphatic carbocycles. The highest BCUT2D eigenvalue weighted by molar-refractivity contribution is 5.55. The Hall–Kier alpha value is -1.28. The molecule has 2 nitrogen and oxygen atoms in total. The van der Waals surface area contributed by atoms with Gasteiger partial charge in [-0.25, -0.2) is 0 Å². The van der Waals surface area contributed by atoms with Gasteiger partial charge in [0.15, 0.2) is 0 Å². The molecule has 1 aromatic rings. The van der Waals surface area contributed by atoms with E-state index in [4.69, 9.17) is 9.47 Å². The van der Waals surface area contributed by atoms with Crippen molar-refractivity contribution >= 4 is 6.08 Å². The molecule has 15 heavy (non-hydrogen) atoms. The molecule has 0 bridgehead atoms. The Morgan fingerprint density at radius 3 is 2.80 bits per heavy atom. The van der Waals surface area contributed by atoms with Crippen LogP contribution < -0.4 is 4.74 Å². The third-order valence-corrected chi connectivity index (χ3v) is 2.02. The lowest BCUT2D eigenvalue weighted by molar-refractivity contribution is 0.0656. The smallest absolute Gasteiger partial charge is 0.127 e. The second-order valence-electron chi connectivity index (χ2n) is 3.33. The molecule has 0 amide bonds. The van der Waals surface area contributed by atoms with Gasteiger partial charge in [-0.1, -0.05) is 30.9 Å². The van der Waals surface area contributed by atoms with E-state index in [2.05, 4.69) is 6.58 Å². The monoisotopic (exact) mass is 206 g/mol. The van der Waals surface area contributed by atoms with Crippen molar-refractivity contribution in [3.05, 3.63) is 36.4 Å². The topological polar surface area (TPSA) is 18.5 Å². The van der Waals surface area contributed by atoms with E-state index >= 15 is 0 Å². The van der Waals surface area contributed by atoms with Crippen LogP contribution >= 0.6 is 0 Å². The molecule has 1 aromatic carbocycles. The van der Waals surface area contributed by atoms with Crippen LogP contribution in [0.3, 0.4) is 0 Å². The molecule has 0 aliphatic heterocycles. The number of hydrogen-bond acceptors (Lipinski definition) is 2. The second kappa shape index (κ2) is 6.25. The third kappa shape index (κ3) is 3.76. The molecule has 0 aromatic heterocycles. The largest absolute Gasteiger partial charge is 0.488 e. The molecular formula is C13H18O2. The van der Waals surface area contributed by atoms with Gasteiger partial charge in [-0.3, -0.25) is 0 Å². The van der Waals surface area contributed by atoms with Crippen molar-refractivity contribution in [3.8, 4) is 5.75 Å². The summed E-state index contributed by atoms with van der Waals surface area (Å²) in [5.74, 6) is 0.861. The minimum atomic E-state index is 0.0612. The predicted octanol–water partition coefficient (Wildman–Crippen LogP) is 3.13. The van der Waals surface area contributed by atoms with Crippen LogP contribution in [0.4, 0.5) is 0 Å². The Kier molecular flexibility index (Phi) is 4.91. The maximum absolute atomic E-state index is 5.74. The highest BCUT2D eigenvalue weighted by Gasteiger charge is 2.05. The Bertz CT molecular complexity index is 307. The summed E-state index contributed by atoms with van der Waals surface area (Å²) in [7, 11) is 0. The molecule has 0 radical (unpaired) electrons. The van der Waals surface area contributed by atoms with Crippen LogP contribution in [-0.2, 0) is 4.74 Å². The Balaban J connectivity index is 2.59. The van der Waals surface area contributed by atoms with Gasteiger partial charge in [-0.05, 0) is 19.9 Å².